The fraction of sp³-hybridized carbons (Fsp3) is 0.421. The van der Waals surface area contributed by atoms with Gasteiger partial charge in [-0.05, 0) is 24.0 Å². The van der Waals surface area contributed by atoms with E-state index < -0.39 is 64.1 Å². The molecule has 2 aromatic rings. The van der Waals surface area contributed by atoms with Crippen molar-refractivity contribution >= 4 is 28.0 Å². The number of esters is 2. The smallest absolute Gasteiger partial charge is 0.436 e. The van der Waals surface area contributed by atoms with Crippen molar-refractivity contribution in [1.29, 1.82) is 0 Å². The summed E-state index contributed by atoms with van der Waals surface area (Å²) in [4.78, 5) is 37.5. The number of benzene rings is 1. The third kappa shape index (κ3) is 5.53. The van der Waals surface area contributed by atoms with Crippen molar-refractivity contribution in [3.8, 4) is 0 Å². The molecule has 13 nitrogen and oxygen atoms in total. The molecular formula is C19H21N3O10S. The number of nitrogens with zero attached hydrogens (tertiary/aromatic N) is 3. The number of hydrogen-bond acceptors (Lipinski definition) is 11. The fourth-order valence-corrected chi connectivity index (χ4v) is 4.21. The predicted octanol–water partition coefficient (Wildman–Crippen LogP) is 1.27. The molecule has 33 heavy (non-hydrogen) atoms. The summed E-state index contributed by atoms with van der Waals surface area (Å²) in [6, 6.07) is 5.91. The number of carbonyl (C=O) groups excluding carboxylic acids is 2. The molecule has 0 aliphatic carbocycles. The van der Waals surface area contributed by atoms with Crippen LogP contribution in [0, 0.1) is 17.0 Å². The average Bonchev–Trinajstić information content (AvgIpc) is 3.32. The van der Waals surface area contributed by atoms with E-state index in [2.05, 4.69) is 4.98 Å². The van der Waals surface area contributed by atoms with Crippen LogP contribution in [0.4, 0.5) is 5.95 Å². The molecule has 0 amide bonds. The van der Waals surface area contributed by atoms with Gasteiger partial charge in [0.25, 0.3) is 10.1 Å². The van der Waals surface area contributed by atoms with Gasteiger partial charge in [0.1, 0.15) is 18.5 Å². The van der Waals surface area contributed by atoms with Crippen molar-refractivity contribution in [1.82, 2.24) is 9.55 Å². The van der Waals surface area contributed by atoms with Crippen molar-refractivity contribution < 1.29 is 41.3 Å². The Bertz CT molecular complexity index is 1140. The third-order valence-corrected chi connectivity index (χ3v) is 5.97. The largest absolute Gasteiger partial charge is 0.455 e. The van der Waals surface area contributed by atoms with Gasteiger partial charge in [0.2, 0.25) is 6.23 Å². The zero-order chi connectivity index (χ0) is 24.3. The van der Waals surface area contributed by atoms with E-state index in [9.17, 15) is 28.1 Å². The van der Waals surface area contributed by atoms with Gasteiger partial charge in [-0.25, -0.2) is 0 Å². The quantitative estimate of drug-likeness (QED) is 0.229. The molecule has 1 fully saturated rings. The van der Waals surface area contributed by atoms with Crippen LogP contribution >= 0.6 is 0 Å². The summed E-state index contributed by atoms with van der Waals surface area (Å²) in [5.74, 6) is -2.16. The zero-order valence-electron chi connectivity index (χ0n) is 17.8. The molecule has 1 aliphatic heterocycles. The van der Waals surface area contributed by atoms with Gasteiger partial charge in [0.15, 0.2) is 12.2 Å². The molecule has 2 heterocycles. The van der Waals surface area contributed by atoms with E-state index in [1.807, 2.05) is 0 Å². The first-order valence-electron chi connectivity index (χ1n) is 9.63. The molecule has 178 valence electrons. The summed E-state index contributed by atoms with van der Waals surface area (Å²) >= 11 is 0. The van der Waals surface area contributed by atoms with Crippen LogP contribution < -0.4 is 0 Å². The molecule has 0 bridgehead atoms. The van der Waals surface area contributed by atoms with Gasteiger partial charge in [-0.3, -0.25) is 13.8 Å². The van der Waals surface area contributed by atoms with E-state index in [0.29, 0.717) is 0 Å². The molecule has 3 rings (SSSR count). The van der Waals surface area contributed by atoms with Crippen molar-refractivity contribution in [3.63, 3.8) is 0 Å². The molecule has 0 N–H and O–H groups in total. The van der Waals surface area contributed by atoms with Crippen LogP contribution in [0.25, 0.3) is 0 Å². The van der Waals surface area contributed by atoms with E-state index in [-0.39, 0.29) is 4.90 Å². The number of imidazole rings is 1. The summed E-state index contributed by atoms with van der Waals surface area (Å²) in [6.45, 7) is 3.36. The topological polar surface area (TPSA) is 166 Å². The Balaban J connectivity index is 1.91. The highest BCUT2D eigenvalue weighted by Crippen LogP contribution is 2.36. The van der Waals surface area contributed by atoms with Gasteiger partial charge in [0, 0.05) is 13.8 Å². The minimum absolute atomic E-state index is 0.103. The maximum atomic E-state index is 12.6. The number of nitro groups is 1. The Morgan fingerprint density at radius 2 is 1.76 bits per heavy atom. The molecule has 0 saturated carbocycles. The maximum absolute atomic E-state index is 12.6. The van der Waals surface area contributed by atoms with E-state index in [0.717, 1.165) is 30.2 Å². The van der Waals surface area contributed by atoms with Gasteiger partial charge >= 0.3 is 17.9 Å². The van der Waals surface area contributed by atoms with Crippen LogP contribution in [0.2, 0.25) is 0 Å². The van der Waals surface area contributed by atoms with Crippen LogP contribution in [0.5, 0.6) is 0 Å². The highest BCUT2D eigenvalue weighted by molar-refractivity contribution is 7.86. The highest BCUT2D eigenvalue weighted by Gasteiger charge is 2.53. The number of rotatable bonds is 8. The van der Waals surface area contributed by atoms with Crippen molar-refractivity contribution in [3.05, 3.63) is 52.3 Å². The number of aromatic nitrogens is 2. The van der Waals surface area contributed by atoms with Crippen LogP contribution in [0.15, 0.2) is 41.6 Å². The van der Waals surface area contributed by atoms with Gasteiger partial charge in [0.05, 0.1) is 11.5 Å². The molecule has 1 aromatic carbocycles. The summed E-state index contributed by atoms with van der Waals surface area (Å²) < 4.78 is 47.4. The minimum Gasteiger partial charge on any atom is -0.455 e. The lowest BCUT2D eigenvalue weighted by molar-refractivity contribution is -0.398. The standard InChI is InChI=1S/C19H21N3O10S/c1-11-4-6-14(7-5-11)33(27,28)29-10-15-16(30-12(2)23)17(31-13(3)24)18(32-15)21-9-8-20-19(21)22(25)26/h4-9,15-18H,10H2,1-3H3/t15-,16-,17+,18+/m1/s1. The highest BCUT2D eigenvalue weighted by atomic mass is 32.2. The minimum atomic E-state index is -4.21. The second kappa shape index (κ2) is 9.64. The summed E-state index contributed by atoms with van der Waals surface area (Å²) in [7, 11) is -4.21. The molecule has 1 aromatic heterocycles. The molecule has 1 saturated heterocycles. The number of carbonyl (C=O) groups is 2. The first kappa shape index (κ1) is 24.3. The first-order valence-corrected chi connectivity index (χ1v) is 11.0. The Kier molecular flexibility index (Phi) is 7.09. The SMILES string of the molecule is CC(=O)O[C@H]1[C@H](OC(C)=O)[C@@H](n2ccnc2[N+](=O)[O-])O[C@@H]1COS(=O)(=O)c1ccc(C)cc1. The Hall–Kier alpha value is -3.36. The third-order valence-electron chi connectivity index (χ3n) is 4.67. The van der Waals surface area contributed by atoms with Gasteiger partial charge in [-0.1, -0.05) is 22.7 Å². The lowest BCUT2D eigenvalue weighted by atomic mass is 10.1. The normalized spacial score (nSPS) is 22.6. The molecule has 4 atom stereocenters. The Morgan fingerprint density at radius 1 is 1.15 bits per heavy atom. The van der Waals surface area contributed by atoms with E-state index in [1.54, 1.807) is 19.1 Å². The molecule has 0 spiro atoms. The lowest BCUT2D eigenvalue weighted by Crippen LogP contribution is -2.40. The van der Waals surface area contributed by atoms with Crippen molar-refractivity contribution in [2.45, 2.75) is 50.2 Å². The Morgan fingerprint density at radius 3 is 2.33 bits per heavy atom. The molecular weight excluding hydrogens is 462 g/mol. The number of hydrogen-bond donors (Lipinski definition) is 0. The van der Waals surface area contributed by atoms with Crippen LogP contribution in [-0.2, 0) is 38.1 Å². The second-order valence-electron chi connectivity index (χ2n) is 7.16. The van der Waals surface area contributed by atoms with Crippen molar-refractivity contribution in [2.24, 2.45) is 0 Å². The molecule has 0 unspecified atom stereocenters. The number of ether oxygens (including phenoxy) is 3. The zero-order valence-corrected chi connectivity index (χ0v) is 18.6. The molecule has 0 radical (unpaired) electrons. The summed E-state index contributed by atoms with van der Waals surface area (Å²) in [5, 5.41) is 11.3. The molecule has 1 aliphatic rings. The van der Waals surface area contributed by atoms with Crippen LogP contribution in [0.1, 0.15) is 25.6 Å². The van der Waals surface area contributed by atoms with Gasteiger partial charge < -0.3 is 24.3 Å². The summed E-state index contributed by atoms with van der Waals surface area (Å²) in [6.07, 6.45) is -2.88. The van der Waals surface area contributed by atoms with Crippen LogP contribution in [0.3, 0.4) is 0 Å². The monoisotopic (exact) mass is 483 g/mol. The predicted molar refractivity (Wildman–Crippen MR) is 108 cm³/mol. The van der Waals surface area contributed by atoms with Gasteiger partial charge in [-0.2, -0.15) is 13.0 Å². The maximum Gasteiger partial charge on any atom is 0.436 e. The number of aryl methyl sites for hydroxylation is 1. The average molecular weight is 483 g/mol. The van der Waals surface area contributed by atoms with E-state index in [1.165, 1.54) is 18.3 Å². The van der Waals surface area contributed by atoms with Gasteiger partial charge in [-0.15, -0.1) is 0 Å². The molecule has 14 heteroatoms. The first-order chi connectivity index (χ1) is 15.5. The Labute approximate surface area is 188 Å². The van der Waals surface area contributed by atoms with E-state index >= 15 is 0 Å². The summed E-state index contributed by atoms with van der Waals surface area (Å²) in [5.41, 5.74) is 0.844. The van der Waals surface area contributed by atoms with Crippen LogP contribution in [-0.4, -0.2) is 59.7 Å². The van der Waals surface area contributed by atoms with E-state index in [4.69, 9.17) is 18.4 Å². The fourth-order valence-electron chi connectivity index (χ4n) is 3.29. The lowest BCUT2D eigenvalue weighted by Gasteiger charge is -2.22. The second-order valence-corrected chi connectivity index (χ2v) is 8.77. The van der Waals surface area contributed by atoms with Crippen molar-refractivity contribution in [2.75, 3.05) is 6.61 Å².